The van der Waals surface area contributed by atoms with Gasteiger partial charge >= 0.3 is 0 Å². The van der Waals surface area contributed by atoms with Crippen LogP contribution in [0.25, 0.3) is 0 Å². The summed E-state index contributed by atoms with van der Waals surface area (Å²) >= 11 is 0. The zero-order chi connectivity index (χ0) is 12.4. The fourth-order valence-corrected chi connectivity index (χ4v) is 2.28. The maximum Gasteiger partial charge on any atom is 0.0546 e. The number of aliphatic hydroxyl groups excluding tert-OH is 1. The predicted octanol–water partition coefficient (Wildman–Crippen LogP) is 3.63. The number of hydrogen-bond acceptors (Lipinski definition) is 2. The molecular formula is C14H30O2. The highest BCUT2D eigenvalue weighted by Gasteiger charge is 2.15. The fourth-order valence-electron chi connectivity index (χ4n) is 2.28. The Morgan fingerprint density at radius 3 is 2.38 bits per heavy atom. The van der Waals surface area contributed by atoms with Gasteiger partial charge in [-0.25, -0.2) is 0 Å². The molecule has 0 aliphatic heterocycles. The topological polar surface area (TPSA) is 29.5 Å². The first-order chi connectivity index (χ1) is 7.63. The van der Waals surface area contributed by atoms with Crippen LogP contribution < -0.4 is 0 Å². The summed E-state index contributed by atoms with van der Waals surface area (Å²) < 4.78 is 5.09. The molecule has 1 N–H and O–H groups in total. The van der Waals surface area contributed by atoms with Gasteiger partial charge in [0.05, 0.1) is 6.10 Å². The van der Waals surface area contributed by atoms with Crippen LogP contribution in [-0.4, -0.2) is 24.9 Å². The molecule has 0 amide bonds. The van der Waals surface area contributed by atoms with Gasteiger partial charge < -0.3 is 9.84 Å². The highest BCUT2D eigenvalue weighted by molar-refractivity contribution is 4.67. The van der Waals surface area contributed by atoms with Gasteiger partial charge in [0.2, 0.25) is 0 Å². The van der Waals surface area contributed by atoms with E-state index in [2.05, 4.69) is 20.8 Å². The summed E-state index contributed by atoms with van der Waals surface area (Å²) in [6.45, 7) is 7.35. The zero-order valence-electron chi connectivity index (χ0n) is 11.5. The minimum absolute atomic E-state index is 0.146. The molecular weight excluding hydrogens is 200 g/mol. The predicted molar refractivity (Wildman–Crippen MR) is 69.6 cm³/mol. The average Bonchev–Trinajstić information content (AvgIpc) is 2.24. The van der Waals surface area contributed by atoms with E-state index in [-0.39, 0.29) is 6.10 Å². The van der Waals surface area contributed by atoms with Crippen LogP contribution in [0.5, 0.6) is 0 Å². The molecule has 0 saturated heterocycles. The molecule has 0 aromatic heterocycles. The number of unbranched alkanes of at least 4 members (excludes halogenated alkanes) is 1. The van der Waals surface area contributed by atoms with Gasteiger partial charge in [-0.15, -0.1) is 0 Å². The van der Waals surface area contributed by atoms with E-state index in [0.29, 0.717) is 11.8 Å². The van der Waals surface area contributed by atoms with E-state index in [9.17, 15) is 5.11 Å². The third-order valence-electron chi connectivity index (χ3n) is 3.27. The molecule has 2 nitrogen and oxygen atoms in total. The molecule has 0 bridgehead atoms. The van der Waals surface area contributed by atoms with Crippen molar-refractivity contribution in [1.82, 2.24) is 0 Å². The van der Waals surface area contributed by atoms with Crippen LogP contribution >= 0.6 is 0 Å². The van der Waals surface area contributed by atoms with Gasteiger partial charge in [0.15, 0.2) is 0 Å². The Hall–Kier alpha value is -0.0800. The summed E-state index contributed by atoms with van der Waals surface area (Å²) in [5.41, 5.74) is 0. The molecule has 0 heterocycles. The van der Waals surface area contributed by atoms with Crippen molar-refractivity contribution in [2.75, 3.05) is 13.7 Å². The van der Waals surface area contributed by atoms with Crippen molar-refractivity contribution in [3.63, 3.8) is 0 Å². The Bertz CT molecular complexity index is 148. The van der Waals surface area contributed by atoms with Crippen LogP contribution in [0.15, 0.2) is 0 Å². The minimum atomic E-state index is -0.146. The van der Waals surface area contributed by atoms with Crippen molar-refractivity contribution in [3.8, 4) is 0 Å². The van der Waals surface area contributed by atoms with Crippen molar-refractivity contribution in [1.29, 1.82) is 0 Å². The lowest BCUT2D eigenvalue weighted by molar-refractivity contribution is 0.0835. The molecule has 0 spiro atoms. The molecule has 0 radical (unpaired) electrons. The standard InChI is InChI=1S/C14H30O2/c1-5-7-8-13(6-2)10-14(15)9-12(3)11-16-4/h12-15H,5-11H2,1-4H3. The second kappa shape index (κ2) is 10.1. The van der Waals surface area contributed by atoms with Gasteiger partial charge in [-0.1, -0.05) is 46.5 Å². The van der Waals surface area contributed by atoms with Gasteiger partial charge in [0, 0.05) is 13.7 Å². The molecule has 3 atom stereocenters. The van der Waals surface area contributed by atoms with Gasteiger partial charge in [0.1, 0.15) is 0 Å². The van der Waals surface area contributed by atoms with E-state index in [1.54, 1.807) is 7.11 Å². The summed E-state index contributed by atoms with van der Waals surface area (Å²) in [6, 6.07) is 0. The van der Waals surface area contributed by atoms with Gasteiger partial charge in [-0.2, -0.15) is 0 Å². The molecule has 16 heavy (non-hydrogen) atoms. The van der Waals surface area contributed by atoms with E-state index >= 15 is 0 Å². The van der Waals surface area contributed by atoms with Crippen LogP contribution in [0.4, 0.5) is 0 Å². The quantitative estimate of drug-likeness (QED) is 0.621. The number of rotatable bonds is 10. The summed E-state index contributed by atoms with van der Waals surface area (Å²) in [6.07, 6.45) is 6.69. The number of methoxy groups -OCH3 is 1. The molecule has 2 heteroatoms. The van der Waals surface area contributed by atoms with Gasteiger partial charge in [-0.05, 0) is 24.7 Å². The number of ether oxygens (including phenoxy) is 1. The summed E-state index contributed by atoms with van der Waals surface area (Å²) in [7, 11) is 1.72. The van der Waals surface area contributed by atoms with Crippen LogP contribution in [0, 0.1) is 11.8 Å². The molecule has 98 valence electrons. The lowest BCUT2D eigenvalue weighted by Crippen LogP contribution is -2.18. The first-order valence-corrected chi connectivity index (χ1v) is 6.80. The Morgan fingerprint density at radius 2 is 1.88 bits per heavy atom. The molecule has 0 aromatic carbocycles. The summed E-state index contributed by atoms with van der Waals surface area (Å²) in [5.74, 6) is 1.16. The average molecular weight is 230 g/mol. The number of hydrogen-bond donors (Lipinski definition) is 1. The maximum atomic E-state index is 9.99. The fraction of sp³-hybridized carbons (Fsp3) is 1.00. The van der Waals surface area contributed by atoms with Crippen LogP contribution in [0.2, 0.25) is 0 Å². The first-order valence-electron chi connectivity index (χ1n) is 6.80. The largest absolute Gasteiger partial charge is 0.393 e. The van der Waals surface area contributed by atoms with E-state index in [1.165, 1.54) is 25.7 Å². The molecule has 3 unspecified atom stereocenters. The molecule has 0 aromatic rings. The van der Waals surface area contributed by atoms with Gasteiger partial charge in [0.25, 0.3) is 0 Å². The lowest BCUT2D eigenvalue weighted by atomic mass is 9.90. The normalized spacial score (nSPS) is 17.1. The minimum Gasteiger partial charge on any atom is -0.393 e. The lowest BCUT2D eigenvalue weighted by Gasteiger charge is -2.21. The van der Waals surface area contributed by atoms with E-state index in [1.807, 2.05) is 0 Å². The zero-order valence-corrected chi connectivity index (χ0v) is 11.5. The van der Waals surface area contributed by atoms with Crippen molar-refractivity contribution in [3.05, 3.63) is 0 Å². The Labute approximate surface area is 101 Å². The van der Waals surface area contributed by atoms with E-state index in [4.69, 9.17) is 4.74 Å². The second-order valence-corrected chi connectivity index (χ2v) is 5.10. The molecule has 0 aliphatic rings. The monoisotopic (exact) mass is 230 g/mol. The number of aliphatic hydroxyl groups is 1. The molecule has 0 saturated carbocycles. The second-order valence-electron chi connectivity index (χ2n) is 5.10. The summed E-state index contributed by atoms with van der Waals surface area (Å²) in [4.78, 5) is 0. The Morgan fingerprint density at radius 1 is 1.19 bits per heavy atom. The van der Waals surface area contributed by atoms with E-state index < -0.39 is 0 Å². The summed E-state index contributed by atoms with van der Waals surface area (Å²) in [5, 5.41) is 9.99. The van der Waals surface area contributed by atoms with Crippen molar-refractivity contribution in [2.24, 2.45) is 11.8 Å². The van der Waals surface area contributed by atoms with Crippen molar-refractivity contribution >= 4 is 0 Å². The Kier molecular flexibility index (Phi) is 10.0. The highest BCUT2D eigenvalue weighted by Crippen LogP contribution is 2.21. The SMILES string of the molecule is CCCCC(CC)CC(O)CC(C)COC. The first kappa shape index (κ1) is 15.9. The molecule has 0 fully saturated rings. The van der Waals surface area contributed by atoms with Crippen LogP contribution in [0.1, 0.15) is 59.3 Å². The van der Waals surface area contributed by atoms with Crippen LogP contribution in [-0.2, 0) is 4.74 Å². The van der Waals surface area contributed by atoms with E-state index in [0.717, 1.165) is 19.4 Å². The highest BCUT2D eigenvalue weighted by atomic mass is 16.5. The molecule has 0 aliphatic carbocycles. The third-order valence-corrected chi connectivity index (χ3v) is 3.27. The van der Waals surface area contributed by atoms with Crippen LogP contribution in [0.3, 0.4) is 0 Å². The van der Waals surface area contributed by atoms with Crippen molar-refractivity contribution in [2.45, 2.75) is 65.4 Å². The smallest absolute Gasteiger partial charge is 0.0546 e. The third kappa shape index (κ3) is 8.12. The van der Waals surface area contributed by atoms with Crippen molar-refractivity contribution < 1.29 is 9.84 Å². The van der Waals surface area contributed by atoms with Gasteiger partial charge in [-0.3, -0.25) is 0 Å². The Balaban J connectivity index is 3.76. The maximum absolute atomic E-state index is 9.99. The molecule has 0 rings (SSSR count).